The van der Waals surface area contributed by atoms with Crippen LogP contribution in [-0.4, -0.2) is 51.3 Å². The highest BCUT2D eigenvalue weighted by molar-refractivity contribution is 7.05. The van der Waals surface area contributed by atoms with Gasteiger partial charge < -0.3 is 20.3 Å². The van der Waals surface area contributed by atoms with E-state index >= 15 is 0 Å². The molecule has 0 saturated carbocycles. The van der Waals surface area contributed by atoms with Crippen LogP contribution in [0.15, 0.2) is 67.0 Å². The first kappa shape index (κ1) is 23.6. The lowest BCUT2D eigenvalue weighted by atomic mass is 10.2. The van der Waals surface area contributed by atoms with Gasteiger partial charge in [-0.25, -0.2) is 4.98 Å². The molecule has 0 spiro atoms. The molecule has 3 atom stereocenters. The second kappa shape index (κ2) is 8.79. The summed E-state index contributed by atoms with van der Waals surface area (Å²) >= 11 is 0. The van der Waals surface area contributed by atoms with E-state index < -0.39 is 32.4 Å². The Bertz CT molecular complexity index is 1290. The monoisotopic (exact) mass is 493 g/mol. The first-order valence-corrected chi connectivity index (χ1v) is 13.5. The van der Waals surface area contributed by atoms with Crippen LogP contribution in [0.1, 0.15) is 27.0 Å². The maximum atomic E-state index is 13.9. The number of aromatic nitrogens is 4. The van der Waals surface area contributed by atoms with Crippen molar-refractivity contribution in [2.45, 2.75) is 44.1 Å². The average molecular weight is 494 g/mol. The molecule has 8 nitrogen and oxygen atoms in total. The van der Waals surface area contributed by atoms with Crippen molar-refractivity contribution in [2.75, 3.05) is 12.3 Å². The molecule has 1 aliphatic rings. The zero-order chi connectivity index (χ0) is 24.8. The van der Waals surface area contributed by atoms with E-state index in [2.05, 4.69) is 60.0 Å². The largest absolute Gasteiger partial charge is 0.390 e. The van der Waals surface area contributed by atoms with Gasteiger partial charge in [-0.2, -0.15) is 14.4 Å². The molecular formula is C25H28FN5O3Si. The summed E-state index contributed by atoms with van der Waals surface area (Å²) in [5, 5.41) is 14.0. The maximum absolute atomic E-state index is 13.9. The zero-order valence-corrected chi connectivity index (χ0v) is 20.8. The van der Waals surface area contributed by atoms with Crippen molar-refractivity contribution >= 4 is 35.4 Å². The normalized spacial score (nSPS) is 19.8. The molecule has 1 aliphatic heterocycles. The highest BCUT2D eigenvalue weighted by Crippen LogP contribution is 2.41. The van der Waals surface area contributed by atoms with Gasteiger partial charge in [-0.3, -0.25) is 4.57 Å². The van der Waals surface area contributed by atoms with E-state index in [4.69, 9.17) is 15.2 Å². The minimum atomic E-state index is -2.93. The summed E-state index contributed by atoms with van der Waals surface area (Å²) in [5.74, 6) is -0.0472. The van der Waals surface area contributed by atoms with E-state index in [1.165, 1.54) is 6.33 Å². The number of imidazole rings is 1. The number of benzene rings is 2. The molecule has 35 heavy (non-hydrogen) atoms. The summed E-state index contributed by atoms with van der Waals surface area (Å²) in [4.78, 5) is 11.6. The Morgan fingerprint density at radius 2 is 1.66 bits per heavy atom. The molecule has 4 aromatic rings. The Morgan fingerprint density at radius 1 is 1.06 bits per heavy atom. The molecule has 0 bridgehead atoms. The summed E-state index contributed by atoms with van der Waals surface area (Å²) in [6.07, 6.45) is -1.04. The van der Waals surface area contributed by atoms with Gasteiger partial charge in [0.25, 0.3) is 0 Å². The predicted octanol–water partition coefficient (Wildman–Crippen LogP) is 2.38. The number of hydrogen-bond donors (Lipinski definition) is 2. The van der Waals surface area contributed by atoms with Crippen molar-refractivity contribution in [3.63, 3.8) is 0 Å². The van der Waals surface area contributed by atoms with Crippen LogP contribution in [0.4, 0.5) is 10.2 Å². The number of nitrogens with two attached hydrogens (primary N) is 1. The third-order valence-corrected chi connectivity index (χ3v) is 12.8. The van der Waals surface area contributed by atoms with Gasteiger partial charge in [0.15, 0.2) is 37.6 Å². The van der Waals surface area contributed by atoms with Gasteiger partial charge in [0.05, 0.1) is 12.9 Å². The molecule has 2 aromatic heterocycles. The summed E-state index contributed by atoms with van der Waals surface area (Å²) in [5.41, 5.74) is 5.36. The highest BCUT2D eigenvalue weighted by atomic mass is 28.3. The van der Waals surface area contributed by atoms with E-state index in [1.54, 1.807) is 4.57 Å². The number of aliphatic hydroxyl groups is 1. The summed E-state index contributed by atoms with van der Waals surface area (Å²) in [7, 11) is -2.93. The number of hydrogen-bond acceptors (Lipinski definition) is 7. The van der Waals surface area contributed by atoms with Crippen molar-refractivity contribution in [3.8, 4) is 0 Å². The van der Waals surface area contributed by atoms with E-state index in [0.717, 1.165) is 10.4 Å². The van der Waals surface area contributed by atoms with Gasteiger partial charge in [0.1, 0.15) is 5.73 Å². The van der Waals surface area contributed by atoms with E-state index in [-0.39, 0.29) is 28.6 Å². The van der Waals surface area contributed by atoms with Crippen LogP contribution in [0, 0.1) is 6.08 Å². The van der Waals surface area contributed by atoms with E-state index in [9.17, 15) is 9.50 Å². The predicted molar refractivity (Wildman–Crippen MR) is 133 cm³/mol. The molecule has 1 fully saturated rings. The van der Waals surface area contributed by atoms with Gasteiger partial charge >= 0.3 is 6.08 Å². The van der Waals surface area contributed by atoms with Crippen molar-refractivity contribution in [1.82, 2.24) is 19.5 Å². The first-order valence-electron chi connectivity index (χ1n) is 11.4. The number of rotatable bonds is 5. The smallest absolute Gasteiger partial charge is 0.312 e. The second-order valence-electron chi connectivity index (χ2n) is 9.73. The molecule has 3 unspecified atom stereocenters. The molecule has 182 valence electrons. The van der Waals surface area contributed by atoms with E-state index in [1.807, 2.05) is 36.4 Å². The zero-order valence-electron chi connectivity index (χ0n) is 19.8. The lowest BCUT2D eigenvalue weighted by Gasteiger charge is -2.48. The number of ether oxygens (including phenoxy) is 2. The SMILES string of the molecule is CC(C)(C)[Si](c1ccccc1)(c1ccccc1)C(O)C1OCC(n2cnc3c(N)nc(F)nc32)O1. The number of halogens is 1. The minimum absolute atomic E-state index is 0.0472. The number of nitrogen functional groups attached to an aromatic ring is 1. The van der Waals surface area contributed by atoms with Crippen LogP contribution in [0.25, 0.3) is 11.2 Å². The summed E-state index contributed by atoms with van der Waals surface area (Å²) in [6.45, 7) is 6.60. The lowest BCUT2D eigenvalue weighted by molar-refractivity contribution is -0.116. The standard InChI is InChI=1S/C25H28FN5O3Si/c1-25(2,3)35(16-10-6-4-7-11-16,17-12-8-5-9-13-17)22(32)23-33-14-18(34-23)31-15-28-19-20(27)29-24(26)30-21(19)31/h4-13,15,18,22-23,32H,14H2,1-3H3,(H2,27,29,30). The van der Waals surface area contributed by atoms with Gasteiger partial charge in [0.2, 0.25) is 0 Å². The lowest BCUT2D eigenvalue weighted by Crippen LogP contribution is -2.74. The van der Waals surface area contributed by atoms with Crippen LogP contribution in [0.5, 0.6) is 0 Å². The van der Waals surface area contributed by atoms with Gasteiger partial charge in [-0.1, -0.05) is 91.8 Å². The Hall–Kier alpha value is -3.18. The minimum Gasteiger partial charge on any atom is -0.390 e. The number of anilines is 1. The summed E-state index contributed by atoms with van der Waals surface area (Å²) in [6, 6.07) is 20.2. The maximum Gasteiger partial charge on any atom is 0.312 e. The van der Waals surface area contributed by atoms with Gasteiger partial charge in [-0.15, -0.1) is 0 Å². The summed E-state index contributed by atoms with van der Waals surface area (Å²) < 4.78 is 27.7. The fourth-order valence-corrected chi connectivity index (χ4v) is 10.9. The molecular weight excluding hydrogens is 465 g/mol. The Kier molecular flexibility index (Phi) is 5.92. The molecule has 2 aromatic carbocycles. The third-order valence-electron chi connectivity index (χ3n) is 6.77. The Labute approximate surface area is 203 Å². The number of nitrogens with zero attached hydrogens (tertiary/aromatic N) is 4. The first-order chi connectivity index (χ1) is 16.7. The topological polar surface area (TPSA) is 108 Å². The fraction of sp³-hybridized carbons (Fsp3) is 0.320. The Balaban J connectivity index is 1.56. The van der Waals surface area contributed by atoms with Crippen LogP contribution < -0.4 is 16.1 Å². The van der Waals surface area contributed by atoms with Crippen molar-refractivity contribution in [1.29, 1.82) is 0 Å². The molecule has 3 N–H and O–H groups in total. The molecule has 5 rings (SSSR count). The Morgan fingerprint density at radius 3 is 2.23 bits per heavy atom. The molecule has 0 radical (unpaired) electrons. The van der Waals surface area contributed by atoms with Crippen LogP contribution in [0.3, 0.4) is 0 Å². The molecule has 10 heteroatoms. The van der Waals surface area contributed by atoms with Gasteiger partial charge in [-0.05, 0) is 5.04 Å². The quantitative estimate of drug-likeness (QED) is 0.325. The van der Waals surface area contributed by atoms with Crippen molar-refractivity contribution in [3.05, 3.63) is 73.1 Å². The molecule has 1 saturated heterocycles. The molecule has 3 heterocycles. The fourth-order valence-electron chi connectivity index (χ4n) is 5.27. The van der Waals surface area contributed by atoms with Crippen molar-refractivity contribution < 1.29 is 19.0 Å². The number of aliphatic hydroxyl groups excluding tert-OH is 1. The third kappa shape index (κ3) is 3.82. The second-order valence-corrected chi connectivity index (χ2v) is 14.6. The van der Waals surface area contributed by atoms with Crippen LogP contribution in [0.2, 0.25) is 5.04 Å². The number of fused-ring (bicyclic) bond motifs is 1. The van der Waals surface area contributed by atoms with Gasteiger partial charge in [0, 0.05) is 0 Å². The molecule has 0 aliphatic carbocycles. The highest BCUT2D eigenvalue weighted by Gasteiger charge is 2.57. The van der Waals surface area contributed by atoms with Crippen molar-refractivity contribution in [2.24, 2.45) is 0 Å². The van der Waals surface area contributed by atoms with Crippen LogP contribution >= 0.6 is 0 Å². The van der Waals surface area contributed by atoms with Crippen LogP contribution in [-0.2, 0) is 9.47 Å². The molecule has 0 amide bonds. The average Bonchev–Trinajstić information content (AvgIpc) is 3.47. The van der Waals surface area contributed by atoms with E-state index in [0.29, 0.717) is 0 Å².